The van der Waals surface area contributed by atoms with E-state index in [1.807, 2.05) is 0 Å². The summed E-state index contributed by atoms with van der Waals surface area (Å²) in [5, 5.41) is 2.81. The number of benzene rings is 1. The molecule has 2 heterocycles. The Morgan fingerprint density at radius 3 is 2.81 bits per heavy atom. The number of hydrogen-bond donors (Lipinski definition) is 1. The molecule has 0 spiro atoms. The van der Waals surface area contributed by atoms with Crippen LogP contribution in [0, 0.1) is 0 Å². The lowest BCUT2D eigenvalue weighted by atomic mass is 10.0. The number of carbonyl (C=O) groups excluding carboxylic acids is 1. The summed E-state index contributed by atoms with van der Waals surface area (Å²) in [4.78, 5) is 20.9. The summed E-state index contributed by atoms with van der Waals surface area (Å²) in [6, 6.07) is 8.89. The highest BCUT2D eigenvalue weighted by molar-refractivity contribution is 5.77. The van der Waals surface area contributed by atoms with Crippen LogP contribution in [0.2, 0.25) is 0 Å². The topological polar surface area (TPSA) is 82.6 Å². The van der Waals surface area contributed by atoms with Crippen LogP contribution >= 0.6 is 0 Å². The van der Waals surface area contributed by atoms with Gasteiger partial charge in [0.2, 0.25) is 0 Å². The second-order valence-electron chi connectivity index (χ2n) is 6.06. The summed E-state index contributed by atoms with van der Waals surface area (Å²) >= 11 is 0. The molecule has 26 heavy (non-hydrogen) atoms. The van der Waals surface area contributed by atoms with Gasteiger partial charge in [-0.05, 0) is 43.2 Å². The fourth-order valence-corrected chi connectivity index (χ4v) is 2.71. The highest BCUT2D eigenvalue weighted by Gasteiger charge is 2.18. The second kappa shape index (κ2) is 9.15. The summed E-state index contributed by atoms with van der Waals surface area (Å²) < 4.78 is 16.0. The predicted molar refractivity (Wildman–Crippen MR) is 95.2 cm³/mol. The minimum absolute atomic E-state index is 0.0548. The monoisotopic (exact) mass is 357 g/mol. The minimum atomic E-state index is -0.206. The van der Waals surface area contributed by atoms with Crippen molar-refractivity contribution in [3.63, 3.8) is 0 Å². The average molecular weight is 357 g/mol. The van der Waals surface area contributed by atoms with Gasteiger partial charge in [-0.25, -0.2) is 9.97 Å². The molecule has 7 heteroatoms. The van der Waals surface area contributed by atoms with Crippen molar-refractivity contribution in [2.75, 3.05) is 26.9 Å². The smallest absolute Gasteiger partial charge is 0.258 e. The van der Waals surface area contributed by atoms with Crippen molar-refractivity contribution in [3.05, 3.63) is 48.0 Å². The van der Waals surface area contributed by atoms with E-state index in [0.29, 0.717) is 18.9 Å². The molecule has 3 rings (SSSR count). The lowest BCUT2D eigenvalue weighted by Gasteiger charge is -2.20. The minimum Gasteiger partial charge on any atom is -0.497 e. The van der Waals surface area contributed by atoms with E-state index in [-0.39, 0.29) is 18.4 Å². The van der Waals surface area contributed by atoms with Gasteiger partial charge < -0.3 is 19.5 Å². The summed E-state index contributed by atoms with van der Waals surface area (Å²) in [5.41, 5.74) is 0.776. The van der Waals surface area contributed by atoms with E-state index in [1.54, 1.807) is 43.6 Å². The Hall–Kier alpha value is -2.67. The average Bonchev–Trinajstić information content (AvgIpc) is 2.72. The van der Waals surface area contributed by atoms with Crippen LogP contribution in [-0.2, 0) is 16.1 Å². The number of amides is 1. The van der Waals surface area contributed by atoms with Gasteiger partial charge in [0.05, 0.1) is 26.0 Å². The summed E-state index contributed by atoms with van der Waals surface area (Å²) in [7, 11) is 1.60. The van der Waals surface area contributed by atoms with Gasteiger partial charge in [-0.1, -0.05) is 0 Å². The first-order valence-electron chi connectivity index (χ1n) is 8.67. The number of nitrogens with zero attached hydrogens (tertiary/aromatic N) is 2. The third-order valence-electron chi connectivity index (χ3n) is 4.15. The molecule has 0 bridgehead atoms. The first-order valence-corrected chi connectivity index (χ1v) is 8.67. The van der Waals surface area contributed by atoms with Crippen LogP contribution in [0.5, 0.6) is 11.5 Å². The normalized spacial score (nSPS) is 16.7. The summed E-state index contributed by atoms with van der Waals surface area (Å²) in [5.74, 6) is 2.16. The third kappa shape index (κ3) is 5.16. The molecular formula is C19H23N3O4. The number of carbonyl (C=O) groups is 1. The van der Waals surface area contributed by atoms with E-state index in [4.69, 9.17) is 14.2 Å². The fourth-order valence-electron chi connectivity index (χ4n) is 2.71. The van der Waals surface area contributed by atoms with Gasteiger partial charge in [-0.15, -0.1) is 0 Å². The van der Waals surface area contributed by atoms with Crippen molar-refractivity contribution in [1.29, 1.82) is 0 Å². The molecule has 1 saturated heterocycles. The van der Waals surface area contributed by atoms with Gasteiger partial charge >= 0.3 is 0 Å². The van der Waals surface area contributed by atoms with Gasteiger partial charge in [-0.2, -0.15) is 0 Å². The number of rotatable bonds is 7. The first-order chi connectivity index (χ1) is 12.7. The van der Waals surface area contributed by atoms with Crippen molar-refractivity contribution in [3.8, 4) is 11.5 Å². The van der Waals surface area contributed by atoms with Crippen molar-refractivity contribution in [2.45, 2.75) is 25.3 Å². The number of nitrogens with one attached hydrogen (secondary N) is 1. The molecule has 1 aromatic carbocycles. The first kappa shape index (κ1) is 18.1. The number of methoxy groups -OCH3 is 1. The molecule has 138 valence electrons. The molecular weight excluding hydrogens is 334 g/mol. The fraction of sp³-hybridized carbons (Fsp3) is 0.421. The number of aromatic nitrogens is 2. The Labute approximate surface area is 152 Å². The molecule has 0 unspecified atom stereocenters. The van der Waals surface area contributed by atoms with Crippen LogP contribution in [0.25, 0.3) is 0 Å². The Bertz CT molecular complexity index is 715. The molecule has 0 aliphatic carbocycles. The molecule has 1 aromatic heterocycles. The van der Waals surface area contributed by atoms with Crippen LogP contribution < -0.4 is 14.8 Å². The van der Waals surface area contributed by atoms with Gasteiger partial charge in [-0.3, -0.25) is 4.79 Å². The Morgan fingerprint density at radius 1 is 1.27 bits per heavy atom. The van der Waals surface area contributed by atoms with Crippen molar-refractivity contribution >= 4 is 5.91 Å². The molecule has 7 nitrogen and oxygen atoms in total. The quantitative estimate of drug-likeness (QED) is 0.817. The number of ether oxygens (including phenoxy) is 3. The summed E-state index contributed by atoms with van der Waals surface area (Å²) in [6.45, 7) is 1.75. The van der Waals surface area contributed by atoms with Crippen LogP contribution in [0.15, 0.2) is 36.5 Å². The second-order valence-corrected chi connectivity index (χ2v) is 6.06. The standard InChI is InChI=1S/C19H23N3O4/c1-24-16-4-6-17(7-5-16)26-13-18(23)21-11-15-8-9-20-19(22-15)14-3-2-10-25-12-14/h4-9,14H,2-3,10-13H2,1H3,(H,21,23)/t14-/m1/s1. The van der Waals surface area contributed by atoms with Crippen molar-refractivity contribution < 1.29 is 19.0 Å². The Morgan fingerprint density at radius 2 is 2.08 bits per heavy atom. The molecule has 1 N–H and O–H groups in total. The van der Waals surface area contributed by atoms with E-state index in [1.165, 1.54) is 0 Å². The predicted octanol–water partition coefficient (Wildman–Crippen LogP) is 2.07. The van der Waals surface area contributed by atoms with Crippen LogP contribution in [-0.4, -0.2) is 42.8 Å². The van der Waals surface area contributed by atoms with Crippen molar-refractivity contribution in [1.82, 2.24) is 15.3 Å². The third-order valence-corrected chi connectivity index (χ3v) is 4.15. The maximum atomic E-state index is 12.0. The van der Waals surface area contributed by atoms with Crippen LogP contribution in [0.4, 0.5) is 0 Å². The van der Waals surface area contributed by atoms with Gasteiger partial charge in [0, 0.05) is 18.7 Å². The van der Waals surface area contributed by atoms with Gasteiger partial charge in [0.15, 0.2) is 6.61 Å². The SMILES string of the molecule is COc1ccc(OCC(=O)NCc2ccnc([C@@H]3CCCOC3)n2)cc1. The van der Waals surface area contributed by atoms with E-state index in [2.05, 4.69) is 15.3 Å². The lowest BCUT2D eigenvalue weighted by Crippen LogP contribution is -2.29. The van der Waals surface area contributed by atoms with Crippen LogP contribution in [0.3, 0.4) is 0 Å². The van der Waals surface area contributed by atoms with E-state index < -0.39 is 0 Å². The zero-order valence-electron chi connectivity index (χ0n) is 14.8. The van der Waals surface area contributed by atoms with E-state index in [9.17, 15) is 4.79 Å². The largest absolute Gasteiger partial charge is 0.497 e. The molecule has 0 saturated carbocycles. The van der Waals surface area contributed by atoms with Crippen molar-refractivity contribution in [2.24, 2.45) is 0 Å². The van der Waals surface area contributed by atoms with Gasteiger partial charge in [0.25, 0.3) is 5.91 Å². The highest BCUT2D eigenvalue weighted by Crippen LogP contribution is 2.22. The number of hydrogen-bond acceptors (Lipinski definition) is 6. The zero-order valence-corrected chi connectivity index (χ0v) is 14.8. The highest BCUT2D eigenvalue weighted by atomic mass is 16.5. The maximum absolute atomic E-state index is 12.0. The molecule has 1 fully saturated rings. The molecule has 1 atom stereocenters. The molecule has 2 aromatic rings. The Balaban J connectivity index is 1.46. The molecule has 1 amide bonds. The maximum Gasteiger partial charge on any atom is 0.258 e. The lowest BCUT2D eigenvalue weighted by molar-refractivity contribution is -0.123. The van der Waals surface area contributed by atoms with Gasteiger partial charge in [0.1, 0.15) is 17.3 Å². The molecule has 1 aliphatic heterocycles. The zero-order chi connectivity index (χ0) is 18.2. The molecule has 1 aliphatic rings. The summed E-state index contributed by atoms with van der Waals surface area (Å²) in [6.07, 6.45) is 3.79. The van der Waals surface area contributed by atoms with E-state index >= 15 is 0 Å². The molecule has 0 radical (unpaired) electrons. The van der Waals surface area contributed by atoms with E-state index in [0.717, 1.165) is 36.7 Å². The van der Waals surface area contributed by atoms with Crippen LogP contribution in [0.1, 0.15) is 30.3 Å². The Kier molecular flexibility index (Phi) is 6.38.